The highest BCUT2D eigenvalue weighted by Gasteiger charge is 2.39. The van der Waals surface area contributed by atoms with Crippen molar-refractivity contribution in [3.8, 4) is 0 Å². The van der Waals surface area contributed by atoms with Gasteiger partial charge in [-0.3, -0.25) is 9.59 Å². The normalized spacial score (nSPS) is 25.0. The van der Waals surface area contributed by atoms with Crippen molar-refractivity contribution in [1.29, 1.82) is 0 Å². The van der Waals surface area contributed by atoms with Crippen LogP contribution in [-0.4, -0.2) is 45.2 Å². The second-order valence-electron chi connectivity index (χ2n) is 8.03. The van der Waals surface area contributed by atoms with Gasteiger partial charge in [0, 0.05) is 24.7 Å². The smallest absolute Gasteiger partial charge is 0.158 e. The lowest BCUT2D eigenvalue weighted by atomic mass is 9.87. The summed E-state index contributed by atoms with van der Waals surface area (Å²) in [4.78, 5) is 23.3. The van der Waals surface area contributed by atoms with Crippen LogP contribution < -0.4 is 0 Å². The third-order valence-corrected chi connectivity index (χ3v) is 5.80. The van der Waals surface area contributed by atoms with E-state index in [9.17, 15) is 19.8 Å². The summed E-state index contributed by atoms with van der Waals surface area (Å²) in [5.41, 5.74) is -0.707. The molecule has 1 unspecified atom stereocenters. The van der Waals surface area contributed by atoms with E-state index >= 15 is 0 Å². The third kappa shape index (κ3) is 8.38. The van der Waals surface area contributed by atoms with E-state index in [1.807, 2.05) is 31.2 Å². The standard InChI is InChI=1S/C23H38O5/c1-3-5-14-23(28,4-2)15-10-13-20-19(21(26)16-22(20)27)12-9-7-6-8-11-18(25)17-24/h7,9-10,13,19-20,22,24,27-28H,3-6,8,11-12,14-17H2,1-2H3/b9-7-,13-10+/t19-,20-,22-,23?/m1/s1. The first kappa shape index (κ1) is 24.7. The van der Waals surface area contributed by atoms with Gasteiger partial charge in [0.15, 0.2) is 5.78 Å². The van der Waals surface area contributed by atoms with Crippen LogP contribution in [0.2, 0.25) is 0 Å². The molecule has 0 amide bonds. The van der Waals surface area contributed by atoms with Crippen LogP contribution in [0.5, 0.6) is 0 Å². The van der Waals surface area contributed by atoms with Crippen LogP contribution in [0, 0.1) is 11.8 Å². The van der Waals surface area contributed by atoms with E-state index in [4.69, 9.17) is 5.11 Å². The predicted molar refractivity (Wildman–Crippen MR) is 111 cm³/mol. The molecule has 0 aromatic rings. The summed E-state index contributed by atoms with van der Waals surface area (Å²) < 4.78 is 0. The van der Waals surface area contributed by atoms with Gasteiger partial charge in [-0.2, -0.15) is 0 Å². The van der Waals surface area contributed by atoms with Gasteiger partial charge in [0.05, 0.1) is 11.7 Å². The van der Waals surface area contributed by atoms with E-state index in [2.05, 4.69) is 6.92 Å². The van der Waals surface area contributed by atoms with Gasteiger partial charge in [0.25, 0.3) is 0 Å². The number of aliphatic hydroxyl groups excluding tert-OH is 2. The maximum atomic E-state index is 12.3. The molecule has 0 aliphatic heterocycles. The molecule has 1 saturated carbocycles. The van der Waals surface area contributed by atoms with Gasteiger partial charge in [-0.05, 0) is 38.5 Å². The van der Waals surface area contributed by atoms with Crippen molar-refractivity contribution in [3.05, 3.63) is 24.3 Å². The minimum absolute atomic E-state index is 0.0824. The number of aliphatic hydroxyl groups is 3. The van der Waals surface area contributed by atoms with Crippen molar-refractivity contribution in [2.45, 2.75) is 89.8 Å². The Bertz CT molecular complexity index is 539. The third-order valence-electron chi connectivity index (χ3n) is 5.80. The summed E-state index contributed by atoms with van der Waals surface area (Å²) >= 11 is 0. The number of rotatable bonds is 14. The molecule has 0 aromatic carbocycles. The van der Waals surface area contributed by atoms with E-state index in [1.54, 1.807) is 0 Å². The fraction of sp³-hybridized carbons (Fsp3) is 0.739. The van der Waals surface area contributed by atoms with Crippen LogP contribution >= 0.6 is 0 Å². The minimum atomic E-state index is -0.707. The van der Waals surface area contributed by atoms with E-state index in [-0.39, 0.29) is 29.8 Å². The molecule has 4 atom stereocenters. The topological polar surface area (TPSA) is 94.8 Å². The van der Waals surface area contributed by atoms with Crippen molar-refractivity contribution < 1.29 is 24.9 Å². The molecule has 160 valence electrons. The van der Waals surface area contributed by atoms with Crippen molar-refractivity contribution in [2.24, 2.45) is 11.8 Å². The molecule has 1 aliphatic carbocycles. The molecule has 1 aliphatic rings. The molecule has 28 heavy (non-hydrogen) atoms. The largest absolute Gasteiger partial charge is 0.392 e. The zero-order valence-corrected chi connectivity index (χ0v) is 17.5. The van der Waals surface area contributed by atoms with Crippen molar-refractivity contribution in [2.75, 3.05) is 6.61 Å². The molecule has 0 aromatic heterocycles. The molecular formula is C23H38O5. The predicted octanol–water partition coefficient (Wildman–Crippen LogP) is 3.51. The first-order valence-corrected chi connectivity index (χ1v) is 10.7. The zero-order valence-electron chi connectivity index (χ0n) is 17.5. The van der Waals surface area contributed by atoms with Crippen LogP contribution in [0.1, 0.15) is 78.1 Å². The summed E-state index contributed by atoms with van der Waals surface area (Å²) in [6.45, 7) is 3.69. The van der Waals surface area contributed by atoms with Crippen LogP contribution in [0.4, 0.5) is 0 Å². The summed E-state index contributed by atoms with van der Waals surface area (Å²) in [5.74, 6) is -0.509. The molecule has 1 rings (SSSR count). The number of ketones is 2. The van der Waals surface area contributed by atoms with Gasteiger partial charge in [-0.25, -0.2) is 0 Å². The Hall–Kier alpha value is -1.30. The average molecular weight is 395 g/mol. The number of Topliss-reactive ketones (excluding diaryl/α,β-unsaturated/α-hetero) is 2. The average Bonchev–Trinajstić information content (AvgIpc) is 2.95. The van der Waals surface area contributed by atoms with Crippen molar-refractivity contribution >= 4 is 11.6 Å². The SMILES string of the molecule is CCCCC(O)(CC)C/C=C/[C@H]1[C@H](O)CC(=O)[C@@H]1C/C=C\CCCC(=O)CO. The van der Waals surface area contributed by atoms with Crippen molar-refractivity contribution in [1.82, 2.24) is 0 Å². The second kappa shape index (κ2) is 13.0. The fourth-order valence-electron chi connectivity index (χ4n) is 3.76. The Morgan fingerprint density at radius 2 is 1.96 bits per heavy atom. The molecule has 3 N–H and O–H groups in total. The van der Waals surface area contributed by atoms with E-state index in [1.165, 1.54) is 0 Å². The minimum Gasteiger partial charge on any atom is -0.392 e. The number of hydrogen-bond donors (Lipinski definition) is 3. The lowest BCUT2D eigenvalue weighted by molar-refractivity contribution is -0.122. The molecule has 5 heteroatoms. The molecule has 0 saturated heterocycles. The van der Waals surface area contributed by atoms with Crippen LogP contribution in [0.15, 0.2) is 24.3 Å². The quantitative estimate of drug-likeness (QED) is 0.310. The highest BCUT2D eigenvalue weighted by molar-refractivity contribution is 5.84. The van der Waals surface area contributed by atoms with Gasteiger partial charge < -0.3 is 15.3 Å². The Morgan fingerprint density at radius 1 is 1.21 bits per heavy atom. The molecule has 0 spiro atoms. The molecule has 1 fully saturated rings. The van der Waals surface area contributed by atoms with Gasteiger partial charge in [-0.1, -0.05) is 51.0 Å². The van der Waals surface area contributed by atoms with Crippen LogP contribution in [0.3, 0.4) is 0 Å². The molecule has 5 nitrogen and oxygen atoms in total. The molecule has 0 heterocycles. The Kier molecular flexibility index (Phi) is 11.5. The Balaban J connectivity index is 2.56. The Labute approximate surface area is 169 Å². The summed E-state index contributed by atoms with van der Waals surface area (Å²) in [7, 11) is 0. The maximum Gasteiger partial charge on any atom is 0.158 e. The van der Waals surface area contributed by atoms with E-state index in [0.29, 0.717) is 32.1 Å². The zero-order chi connectivity index (χ0) is 21.0. The lowest BCUT2D eigenvalue weighted by Crippen LogP contribution is -2.27. The highest BCUT2D eigenvalue weighted by Crippen LogP contribution is 2.34. The first-order valence-electron chi connectivity index (χ1n) is 10.7. The number of carbonyl (C=O) groups is 2. The number of unbranched alkanes of at least 4 members (excludes halogenated alkanes) is 2. The number of allylic oxidation sites excluding steroid dienone is 2. The van der Waals surface area contributed by atoms with Crippen molar-refractivity contribution in [3.63, 3.8) is 0 Å². The number of carbonyl (C=O) groups excluding carboxylic acids is 2. The van der Waals surface area contributed by atoms with E-state index < -0.39 is 18.3 Å². The maximum absolute atomic E-state index is 12.3. The Morgan fingerprint density at radius 3 is 2.61 bits per heavy atom. The summed E-state index contributed by atoms with van der Waals surface area (Å²) in [6, 6.07) is 0. The van der Waals surface area contributed by atoms with Crippen LogP contribution in [0.25, 0.3) is 0 Å². The summed E-state index contributed by atoms with van der Waals surface area (Å²) in [5, 5.41) is 29.6. The molecule has 0 radical (unpaired) electrons. The van der Waals surface area contributed by atoms with Gasteiger partial charge in [0.2, 0.25) is 0 Å². The fourth-order valence-corrected chi connectivity index (χ4v) is 3.76. The first-order chi connectivity index (χ1) is 13.4. The van der Waals surface area contributed by atoms with Gasteiger partial charge in [-0.15, -0.1) is 0 Å². The van der Waals surface area contributed by atoms with Crippen LogP contribution in [-0.2, 0) is 9.59 Å². The summed E-state index contributed by atoms with van der Waals surface area (Å²) in [6.07, 6.45) is 13.7. The molecule has 0 bridgehead atoms. The van der Waals surface area contributed by atoms with E-state index in [0.717, 1.165) is 25.7 Å². The highest BCUT2D eigenvalue weighted by atomic mass is 16.3. The van der Waals surface area contributed by atoms with Gasteiger partial charge in [0.1, 0.15) is 12.4 Å². The lowest BCUT2D eigenvalue weighted by Gasteiger charge is -2.25. The van der Waals surface area contributed by atoms with Gasteiger partial charge >= 0.3 is 0 Å². The number of hydrogen-bond acceptors (Lipinski definition) is 5. The second-order valence-corrected chi connectivity index (χ2v) is 8.03. The molecular weight excluding hydrogens is 356 g/mol. The monoisotopic (exact) mass is 394 g/mol.